The summed E-state index contributed by atoms with van der Waals surface area (Å²) in [7, 11) is 0. The van der Waals surface area contributed by atoms with Crippen LogP contribution in [0.4, 0.5) is 11.4 Å². The summed E-state index contributed by atoms with van der Waals surface area (Å²) in [6.07, 6.45) is 2.65. The lowest BCUT2D eigenvalue weighted by Gasteiger charge is -1.98. The maximum atomic E-state index is 4.57. The largest absolute Gasteiger partial charge is 0.343 e. The molecule has 0 saturated heterocycles. The van der Waals surface area contributed by atoms with Gasteiger partial charge in [0.15, 0.2) is 0 Å². The van der Waals surface area contributed by atoms with E-state index in [0.717, 1.165) is 29.0 Å². The summed E-state index contributed by atoms with van der Waals surface area (Å²) >= 11 is 0. The Kier molecular flexibility index (Phi) is 4.57. The first kappa shape index (κ1) is 14.0. The minimum Gasteiger partial charge on any atom is -0.343 e. The second kappa shape index (κ2) is 7.18. The summed E-state index contributed by atoms with van der Waals surface area (Å²) in [4.78, 5) is 12.3. The Labute approximate surface area is 129 Å². The third-order valence-corrected chi connectivity index (χ3v) is 3.15. The molecule has 0 bridgehead atoms. The van der Waals surface area contributed by atoms with E-state index in [9.17, 15) is 0 Å². The molecule has 0 unspecified atom stereocenters. The van der Waals surface area contributed by atoms with Crippen LogP contribution >= 0.6 is 0 Å². The Balaban J connectivity index is 1.75. The molecule has 0 amide bonds. The molecule has 0 aliphatic rings. The van der Waals surface area contributed by atoms with E-state index in [-0.39, 0.29) is 0 Å². The Morgan fingerprint density at radius 1 is 0.727 bits per heavy atom. The Bertz CT molecular complexity index is 803. The van der Waals surface area contributed by atoms with Gasteiger partial charge in [0.05, 0.1) is 11.4 Å². The maximum Gasteiger partial charge on any atom is 0.130 e. The van der Waals surface area contributed by atoms with Crippen molar-refractivity contribution in [2.24, 2.45) is 9.98 Å². The van der Waals surface area contributed by atoms with Crippen molar-refractivity contribution in [3.63, 3.8) is 0 Å². The first-order valence-electron chi connectivity index (χ1n) is 7.26. The normalized spacial score (nSPS) is 11.9. The molecule has 2 aromatic carbocycles. The molecule has 3 rings (SSSR count). The average molecular weight is 287 g/mol. The minimum atomic E-state index is 0.743. The van der Waals surface area contributed by atoms with Gasteiger partial charge >= 0.3 is 0 Å². The third-order valence-electron chi connectivity index (χ3n) is 3.15. The van der Waals surface area contributed by atoms with Crippen molar-refractivity contribution in [3.05, 3.63) is 90.0 Å². The predicted molar refractivity (Wildman–Crippen MR) is 90.8 cm³/mol. The Hall–Kier alpha value is -2.94. The molecule has 0 radical (unpaired) electrons. The standard InChI is InChI=1S/C19H17N3/c1-3-8-16(9-4-1)20-15-14-18-12-7-13-19(22-18)21-17-10-5-2-6-11-17/h1-13,15H,14H2,(H,21,22). The Morgan fingerprint density at radius 2 is 1.41 bits per heavy atom. The lowest BCUT2D eigenvalue weighted by Crippen LogP contribution is -2.08. The fraction of sp³-hybridized carbons (Fsp3) is 0.0526. The van der Waals surface area contributed by atoms with Gasteiger partial charge in [0.1, 0.15) is 5.49 Å². The summed E-state index contributed by atoms with van der Waals surface area (Å²) in [5.41, 5.74) is 3.83. The first-order valence-corrected chi connectivity index (χ1v) is 7.26. The van der Waals surface area contributed by atoms with Crippen LogP contribution in [0.25, 0.3) is 0 Å². The molecule has 1 N–H and O–H groups in total. The van der Waals surface area contributed by atoms with Gasteiger partial charge in [0.2, 0.25) is 0 Å². The molecule has 0 aliphatic heterocycles. The van der Waals surface area contributed by atoms with Gasteiger partial charge in [-0.15, -0.1) is 0 Å². The second-order valence-electron chi connectivity index (χ2n) is 4.86. The second-order valence-corrected chi connectivity index (χ2v) is 4.86. The van der Waals surface area contributed by atoms with Crippen LogP contribution in [0.5, 0.6) is 0 Å². The van der Waals surface area contributed by atoms with Crippen LogP contribution in [-0.4, -0.2) is 11.2 Å². The molecule has 0 aliphatic carbocycles. The monoisotopic (exact) mass is 287 g/mol. The lowest BCUT2D eigenvalue weighted by molar-refractivity contribution is 1.06. The van der Waals surface area contributed by atoms with E-state index in [2.05, 4.69) is 15.0 Å². The zero-order valence-corrected chi connectivity index (χ0v) is 12.2. The van der Waals surface area contributed by atoms with Gasteiger partial charge in [0, 0.05) is 18.3 Å². The molecule has 3 aromatic rings. The molecule has 0 atom stereocenters. The van der Waals surface area contributed by atoms with E-state index < -0.39 is 0 Å². The SMILES string of the molecule is C(Cc1cccc(=Nc2ccccc2)[nH]1)=Nc1ccccc1. The van der Waals surface area contributed by atoms with Crippen LogP contribution in [0.15, 0.2) is 88.8 Å². The van der Waals surface area contributed by atoms with Crippen molar-refractivity contribution < 1.29 is 0 Å². The molecule has 0 spiro atoms. The van der Waals surface area contributed by atoms with Crippen LogP contribution in [0, 0.1) is 0 Å². The van der Waals surface area contributed by atoms with Gasteiger partial charge in [-0.25, -0.2) is 4.99 Å². The van der Waals surface area contributed by atoms with Crippen molar-refractivity contribution in [2.45, 2.75) is 6.42 Å². The lowest BCUT2D eigenvalue weighted by atomic mass is 10.3. The molecule has 22 heavy (non-hydrogen) atoms. The molecule has 3 heteroatoms. The van der Waals surface area contributed by atoms with Gasteiger partial charge in [-0.1, -0.05) is 42.5 Å². The predicted octanol–water partition coefficient (Wildman–Crippen LogP) is 4.19. The molecular formula is C19H17N3. The van der Waals surface area contributed by atoms with Crippen LogP contribution in [-0.2, 0) is 6.42 Å². The molecule has 3 nitrogen and oxygen atoms in total. The fourth-order valence-electron chi connectivity index (χ4n) is 2.09. The van der Waals surface area contributed by atoms with Gasteiger partial charge in [-0.2, -0.15) is 0 Å². The number of nitrogens with one attached hydrogen (secondary N) is 1. The number of aliphatic imine (C=N–C) groups is 1. The van der Waals surface area contributed by atoms with E-state index in [1.807, 2.05) is 85.1 Å². The number of hydrogen-bond donors (Lipinski definition) is 1. The summed E-state index contributed by atoms with van der Waals surface area (Å²) in [6, 6.07) is 25.9. The minimum absolute atomic E-state index is 0.743. The number of rotatable bonds is 4. The molecule has 0 saturated carbocycles. The smallest absolute Gasteiger partial charge is 0.130 e. The number of aromatic nitrogens is 1. The number of hydrogen-bond acceptors (Lipinski definition) is 2. The summed E-state index contributed by atoms with van der Waals surface area (Å²) in [5.74, 6) is 0. The van der Waals surface area contributed by atoms with Crippen molar-refractivity contribution in [2.75, 3.05) is 0 Å². The number of para-hydroxylation sites is 2. The van der Waals surface area contributed by atoms with Crippen molar-refractivity contribution >= 4 is 17.6 Å². The summed E-state index contributed by atoms with van der Waals surface area (Å²) in [5, 5.41) is 0. The summed E-state index contributed by atoms with van der Waals surface area (Å²) in [6.45, 7) is 0. The molecule has 0 fully saturated rings. The number of aromatic amines is 1. The maximum absolute atomic E-state index is 4.57. The van der Waals surface area contributed by atoms with Crippen LogP contribution in [0.3, 0.4) is 0 Å². The third kappa shape index (κ3) is 4.03. The molecule has 1 heterocycles. The van der Waals surface area contributed by atoms with Gasteiger partial charge in [-0.3, -0.25) is 4.99 Å². The van der Waals surface area contributed by atoms with E-state index >= 15 is 0 Å². The zero-order chi connectivity index (χ0) is 15.0. The van der Waals surface area contributed by atoms with Gasteiger partial charge in [-0.05, 0) is 36.4 Å². The topological polar surface area (TPSA) is 40.5 Å². The highest BCUT2D eigenvalue weighted by atomic mass is 14.8. The highest BCUT2D eigenvalue weighted by Gasteiger charge is 1.91. The van der Waals surface area contributed by atoms with E-state index in [4.69, 9.17) is 0 Å². The number of pyridine rings is 1. The summed E-state index contributed by atoms with van der Waals surface area (Å²) < 4.78 is 0. The van der Waals surface area contributed by atoms with Gasteiger partial charge in [0.25, 0.3) is 0 Å². The number of H-pyrrole nitrogens is 1. The van der Waals surface area contributed by atoms with E-state index in [1.165, 1.54) is 0 Å². The average Bonchev–Trinajstić information content (AvgIpc) is 2.57. The highest BCUT2D eigenvalue weighted by Crippen LogP contribution is 2.09. The van der Waals surface area contributed by atoms with Crippen molar-refractivity contribution in [1.82, 2.24) is 4.98 Å². The van der Waals surface area contributed by atoms with Crippen molar-refractivity contribution in [3.8, 4) is 0 Å². The fourth-order valence-corrected chi connectivity index (χ4v) is 2.09. The quantitative estimate of drug-likeness (QED) is 0.699. The number of benzene rings is 2. The van der Waals surface area contributed by atoms with E-state index in [0.29, 0.717) is 0 Å². The van der Waals surface area contributed by atoms with Crippen LogP contribution < -0.4 is 5.49 Å². The van der Waals surface area contributed by atoms with Gasteiger partial charge < -0.3 is 4.98 Å². The molecule has 108 valence electrons. The first-order chi connectivity index (χ1) is 10.9. The van der Waals surface area contributed by atoms with Crippen LogP contribution in [0.1, 0.15) is 5.69 Å². The van der Waals surface area contributed by atoms with Crippen molar-refractivity contribution in [1.29, 1.82) is 0 Å². The molecular weight excluding hydrogens is 270 g/mol. The number of nitrogens with zero attached hydrogens (tertiary/aromatic N) is 2. The van der Waals surface area contributed by atoms with E-state index in [1.54, 1.807) is 0 Å². The van der Waals surface area contributed by atoms with Crippen LogP contribution in [0.2, 0.25) is 0 Å². The Morgan fingerprint density at radius 3 is 2.14 bits per heavy atom. The highest BCUT2D eigenvalue weighted by molar-refractivity contribution is 5.65. The zero-order valence-electron chi connectivity index (χ0n) is 12.2. The molecule has 1 aromatic heterocycles.